The van der Waals surface area contributed by atoms with Crippen molar-refractivity contribution in [2.24, 2.45) is 0 Å². The zero-order chi connectivity index (χ0) is 21.5. The van der Waals surface area contributed by atoms with Gasteiger partial charge in [0, 0.05) is 18.1 Å². The normalized spacial score (nSPS) is 12.5. The van der Waals surface area contributed by atoms with Gasteiger partial charge in [-0.25, -0.2) is 0 Å². The molecule has 8 heteroatoms. The fraction of sp³-hybridized carbons (Fsp3) is 0.409. The number of benzene rings is 2. The molecule has 6 nitrogen and oxygen atoms in total. The van der Waals surface area contributed by atoms with Crippen molar-refractivity contribution in [1.29, 1.82) is 0 Å². The highest BCUT2D eigenvalue weighted by atomic mass is 35.5. The van der Waals surface area contributed by atoms with E-state index >= 15 is 0 Å². The van der Waals surface area contributed by atoms with Crippen molar-refractivity contribution in [3.05, 3.63) is 52.5 Å². The fourth-order valence-corrected chi connectivity index (χ4v) is 3.62. The highest BCUT2D eigenvalue weighted by Gasteiger charge is 2.15. The topological polar surface area (TPSA) is 59.8 Å². The molecular weight excluding hydrogens is 425 g/mol. The van der Waals surface area contributed by atoms with Gasteiger partial charge < -0.3 is 19.5 Å². The van der Waals surface area contributed by atoms with Crippen molar-refractivity contribution in [3.8, 4) is 11.8 Å². The number of aromatic nitrogens is 2. The molecular formula is C22H27Cl2N3O3. The Morgan fingerprint density at radius 1 is 1.07 bits per heavy atom. The fourth-order valence-electron chi connectivity index (χ4n) is 3.16. The first kappa shape index (κ1) is 22.7. The highest BCUT2D eigenvalue weighted by molar-refractivity contribution is 6.35. The summed E-state index contributed by atoms with van der Waals surface area (Å²) in [4.78, 5) is 6.94. The van der Waals surface area contributed by atoms with Crippen LogP contribution in [0.4, 0.5) is 0 Å². The molecule has 3 rings (SSSR count). The molecule has 1 atom stereocenters. The summed E-state index contributed by atoms with van der Waals surface area (Å²) < 4.78 is 13.5. The van der Waals surface area contributed by atoms with E-state index in [1.54, 1.807) is 18.2 Å². The number of likely N-dealkylation sites (N-methyl/N-ethyl adjacent to an activating group) is 1. The second kappa shape index (κ2) is 10.9. The largest absolute Gasteiger partial charge is 0.489 e. The van der Waals surface area contributed by atoms with Crippen LogP contribution in [0.3, 0.4) is 0 Å². The summed E-state index contributed by atoms with van der Waals surface area (Å²) >= 11 is 12.0. The molecule has 0 fully saturated rings. The minimum atomic E-state index is -0.840. The van der Waals surface area contributed by atoms with Crippen molar-refractivity contribution in [3.63, 3.8) is 0 Å². The lowest BCUT2D eigenvalue weighted by molar-refractivity contribution is 0.0577. The van der Waals surface area contributed by atoms with Crippen molar-refractivity contribution in [2.45, 2.75) is 26.5 Å². The second-order valence-electron chi connectivity index (χ2n) is 6.91. The van der Waals surface area contributed by atoms with E-state index in [4.69, 9.17) is 32.7 Å². The van der Waals surface area contributed by atoms with Crippen LogP contribution in [-0.4, -0.2) is 58.5 Å². The molecule has 0 saturated carbocycles. The summed E-state index contributed by atoms with van der Waals surface area (Å²) in [6.07, 6.45) is -0.840. The number of aliphatic hydroxyl groups excluding tert-OH is 1. The molecule has 3 aromatic rings. The van der Waals surface area contributed by atoms with Crippen molar-refractivity contribution < 1.29 is 14.6 Å². The van der Waals surface area contributed by atoms with Gasteiger partial charge in [0.2, 0.25) is 0 Å². The Kier molecular flexibility index (Phi) is 8.22. The van der Waals surface area contributed by atoms with Gasteiger partial charge in [0.05, 0.1) is 16.1 Å². The van der Waals surface area contributed by atoms with Crippen LogP contribution in [0.15, 0.2) is 42.5 Å². The predicted molar refractivity (Wildman–Crippen MR) is 121 cm³/mol. The molecule has 0 aliphatic heterocycles. The Balaban J connectivity index is 1.63. The van der Waals surface area contributed by atoms with E-state index in [1.807, 2.05) is 24.3 Å². The Bertz CT molecular complexity index is 960. The van der Waals surface area contributed by atoms with Crippen LogP contribution in [-0.2, 0) is 6.54 Å². The molecule has 0 radical (unpaired) electrons. The maximum absolute atomic E-state index is 10.3. The van der Waals surface area contributed by atoms with Gasteiger partial charge in [-0.05, 0) is 43.4 Å². The number of para-hydroxylation sites is 2. The van der Waals surface area contributed by atoms with Crippen LogP contribution in [0.25, 0.3) is 11.0 Å². The monoisotopic (exact) mass is 451 g/mol. The number of nitrogens with zero attached hydrogens (tertiary/aromatic N) is 3. The van der Waals surface area contributed by atoms with Gasteiger partial charge >= 0.3 is 0 Å². The quantitative estimate of drug-likeness (QED) is 0.464. The third-order valence-electron chi connectivity index (χ3n) is 4.88. The molecule has 162 valence electrons. The number of fused-ring (bicyclic) bond motifs is 1. The van der Waals surface area contributed by atoms with Gasteiger partial charge in [0.1, 0.15) is 25.1 Å². The zero-order valence-electron chi connectivity index (χ0n) is 17.2. The third-order valence-corrected chi connectivity index (χ3v) is 5.41. The highest BCUT2D eigenvalue weighted by Crippen LogP contribution is 2.27. The summed E-state index contributed by atoms with van der Waals surface area (Å²) in [6, 6.07) is 13.4. The van der Waals surface area contributed by atoms with Gasteiger partial charge in [0.25, 0.3) is 6.01 Å². The van der Waals surface area contributed by atoms with Gasteiger partial charge in [-0.2, -0.15) is 4.98 Å². The SMILES string of the molecule is CCN(CC)CCn1c(OCC(O)COc2ccc(Cl)cc2Cl)nc2ccccc21. The van der Waals surface area contributed by atoms with Gasteiger partial charge in [-0.1, -0.05) is 49.2 Å². The number of hydrogen-bond donors (Lipinski definition) is 1. The predicted octanol–water partition coefficient (Wildman–Crippen LogP) is 4.50. The Morgan fingerprint density at radius 3 is 2.53 bits per heavy atom. The smallest absolute Gasteiger partial charge is 0.297 e. The summed E-state index contributed by atoms with van der Waals surface area (Å²) in [5.74, 6) is 0.464. The molecule has 0 spiro atoms. The van der Waals surface area contributed by atoms with E-state index < -0.39 is 6.10 Å². The Hall–Kier alpha value is -1.99. The first-order valence-corrected chi connectivity index (χ1v) is 10.8. The van der Waals surface area contributed by atoms with Gasteiger partial charge in [-0.3, -0.25) is 4.57 Å². The second-order valence-corrected chi connectivity index (χ2v) is 7.76. The molecule has 0 bridgehead atoms. The first-order chi connectivity index (χ1) is 14.5. The first-order valence-electron chi connectivity index (χ1n) is 10.1. The average Bonchev–Trinajstić information content (AvgIpc) is 3.10. The molecule has 1 N–H and O–H groups in total. The van der Waals surface area contributed by atoms with Crippen LogP contribution in [0.5, 0.6) is 11.8 Å². The third kappa shape index (κ3) is 5.79. The summed E-state index contributed by atoms with van der Waals surface area (Å²) in [5.41, 5.74) is 1.88. The minimum Gasteiger partial charge on any atom is -0.489 e. The van der Waals surface area contributed by atoms with Crippen molar-refractivity contribution in [2.75, 3.05) is 32.8 Å². The molecule has 2 aromatic carbocycles. The number of ether oxygens (including phenoxy) is 2. The van der Waals surface area contributed by atoms with Crippen LogP contribution in [0.1, 0.15) is 13.8 Å². The summed E-state index contributed by atoms with van der Waals surface area (Å²) in [7, 11) is 0. The number of hydrogen-bond acceptors (Lipinski definition) is 5. The number of aliphatic hydroxyl groups is 1. The van der Waals surface area contributed by atoms with E-state index in [0.717, 1.165) is 37.2 Å². The van der Waals surface area contributed by atoms with E-state index in [-0.39, 0.29) is 13.2 Å². The van der Waals surface area contributed by atoms with Crippen LogP contribution < -0.4 is 9.47 Å². The zero-order valence-corrected chi connectivity index (χ0v) is 18.7. The summed E-state index contributed by atoms with van der Waals surface area (Å²) in [5, 5.41) is 11.2. The lowest BCUT2D eigenvalue weighted by atomic mass is 10.3. The van der Waals surface area contributed by atoms with Crippen LogP contribution >= 0.6 is 23.2 Å². The van der Waals surface area contributed by atoms with E-state index in [1.165, 1.54) is 0 Å². The van der Waals surface area contributed by atoms with Crippen molar-refractivity contribution in [1.82, 2.24) is 14.5 Å². The number of halogens is 2. The molecule has 1 heterocycles. The summed E-state index contributed by atoms with van der Waals surface area (Å²) in [6.45, 7) is 8.02. The number of rotatable bonds is 11. The molecule has 0 aliphatic carbocycles. The van der Waals surface area contributed by atoms with Crippen LogP contribution in [0.2, 0.25) is 10.0 Å². The molecule has 1 aromatic heterocycles. The van der Waals surface area contributed by atoms with E-state index in [0.29, 0.717) is 21.8 Å². The molecule has 0 amide bonds. The minimum absolute atomic E-state index is 0.0427. The Morgan fingerprint density at radius 2 is 1.80 bits per heavy atom. The average molecular weight is 452 g/mol. The number of imidazole rings is 1. The molecule has 0 aliphatic rings. The van der Waals surface area contributed by atoms with Gasteiger partial charge in [0.15, 0.2) is 0 Å². The molecule has 1 unspecified atom stereocenters. The standard InChI is InChI=1S/C22H27Cl2N3O3/c1-3-26(4-2)11-12-27-20-8-6-5-7-19(20)25-22(27)30-15-17(28)14-29-21-10-9-16(23)13-18(21)24/h5-10,13,17,28H,3-4,11-12,14-15H2,1-2H3. The van der Waals surface area contributed by atoms with E-state index in [9.17, 15) is 5.11 Å². The molecule has 0 saturated heterocycles. The Labute approximate surface area is 186 Å². The van der Waals surface area contributed by atoms with Crippen LogP contribution in [0, 0.1) is 0 Å². The van der Waals surface area contributed by atoms with Gasteiger partial charge in [-0.15, -0.1) is 0 Å². The maximum Gasteiger partial charge on any atom is 0.297 e. The lowest BCUT2D eigenvalue weighted by Crippen LogP contribution is -2.28. The maximum atomic E-state index is 10.3. The lowest BCUT2D eigenvalue weighted by Gasteiger charge is -2.19. The van der Waals surface area contributed by atoms with E-state index in [2.05, 4.69) is 28.3 Å². The molecule has 30 heavy (non-hydrogen) atoms. The van der Waals surface area contributed by atoms with Crippen molar-refractivity contribution >= 4 is 34.2 Å².